The molecule has 1 aliphatic rings. The molecule has 2 aromatic heterocycles. The lowest BCUT2D eigenvalue weighted by Gasteiger charge is -2.19. The highest BCUT2D eigenvalue weighted by Crippen LogP contribution is 2.45. The smallest absolute Gasteiger partial charge is 0.437 e. The van der Waals surface area contributed by atoms with Crippen LogP contribution >= 0.6 is 7.75 Å². The summed E-state index contributed by atoms with van der Waals surface area (Å²) in [6.07, 6.45) is 2.13. The number of hydrogen-bond donors (Lipinski definition) is 4. The Kier molecular flexibility index (Phi) is 10.4. The number of aryl methyl sites for hydroxylation is 3. The quantitative estimate of drug-likeness (QED) is 0.139. The Hall–Kier alpha value is -3.99. The lowest BCUT2D eigenvalue weighted by molar-refractivity contribution is -0.142. The summed E-state index contributed by atoms with van der Waals surface area (Å²) >= 11 is 0. The van der Waals surface area contributed by atoms with Crippen molar-refractivity contribution < 1.29 is 33.4 Å². The highest BCUT2D eigenvalue weighted by Gasteiger charge is 2.38. The van der Waals surface area contributed by atoms with E-state index >= 15 is 0 Å². The predicted molar refractivity (Wildman–Crippen MR) is 156 cm³/mol. The van der Waals surface area contributed by atoms with E-state index in [0.29, 0.717) is 6.42 Å². The topological polar surface area (TPSA) is 187 Å². The first-order valence-electron chi connectivity index (χ1n) is 13.6. The van der Waals surface area contributed by atoms with E-state index in [1.54, 1.807) is 0 Å². The van der Waals surface area contributed by atoms with E-state index in [-0.39, 0.29) is 30.8 Å². The van der Waals surface area contributed by atoms with Crippen LogP contribution in [0.15, 0.2) is 46.4 Å². The monoisotopic (exact) mass is 615 g/mol. The first kappa shape index (κ1) is 31.9. The van der Waals surface area contributed by atoms with Gasteiger partial charge < -0.3 is 24.8 Å². The second kappa shape index (κ2) is 14.0. The van der Waals surface area contributed by atoms with Crippen molar-refractivity contribution in [3.63, 3.8) is 0 Å². The molecular formula is C28H34N5O9P. The van der Waals surface area contributed by atoms with Crippen molar-refractivity contribution in [2.24, 2.45) is 0 Å². The van der Waals surface area contributed by atoms with Crippen LogP contribution in [0.2, 0.25) is 0 Å². The molecule has 0 spiro atoms. The molecule has 4 rings (SSSR count). The number of carbonyl (C=O) groups is 1. The van der Waals surface area contributed by atoms with Crippen molar-refractivity contribution in [3.05, 3.63) is 80.1 Å². The van der Waals surface area contributed by atoms with Gasteiger partial charge >= 0.3 is 19.4 Å². The van der Waals surface area contributed by atoms with Crippen LogP contribution < -0.4 is 16.6 Å². The summed E-state index contributed by atoms with van der Waals surface area (Å²) in [4.78, 5) is 53.3. The van der Waals surface area contributed by atoms with Crippen molar-refractivity contribution in [1.29, 1.82) is 0 Å². The zero-order valence-electron chi connectivity index (χ0n) is 24.0. The molecule has 3 aromatic rings. The van der Waals surface area contributed by atoms with Crippen LogP contribution in [0.1, 0.15) is 48.5 Å². The predicted octanol–water partition coefficient (Wildman–Crippen LogP) is 1.49. The van der Waals surface area contributed by atoms with Gasteiger partial charge in [-0.3, -0.25) is 23.7 Å². The minimum atomic E-state index is -4.29. The number of nitrogens with one attached hydrogen (secondary N) is 2. The molecule has 15 heteroatoms. The molecule has 3 heterocycles. The SMILES string of the molecule is CCc1cc(CCC(=O)OCC#Cc2cn([C@H]3CC(O)[C@@H](COP(=O)(O)n4ccnc4C)O3)c(=O)[nH]c2=O)cc(NC)c1. The van der Waals surface area contributed by atoms with Gasteiger partial charge in [-0.15, -0.1) is 0 Å². The zero-order chi connectivity index (χ0) is 31.1. The molecule has 0 aliphatic carbocycles. The van der Waals surface area contributed by atoms with Gasteiger partial charge in [-0.1, -0.05) is 24.8 Å². The Morgan fingerprint density at radius 3 is 2.77 bits per heavy atom. The van der Waals surface area contributed by atoms with Crippen LogP contribution in [0, 0.1) is 18.8 Å². The van der Waals surface area contributed by atoms with Crippen molar-refractivity contribution in [2.45, 2.75) is 58.0 Å². The number of imidazole rings is 1. The van der Waals surface area contributed by atoms with Gasteiger partial charge in [-0.05, 0) is 43.0 Å². The Bertz CT molecular complexity index is 1660. The molecule has 0 bridgehead atoms. The van der Waals surface area contributed by atoms with Gasteiger partial charge in [0.15, 0.2) is 6.61 Å². The van der Waals surface area contributed by atoms with Crippen LogP contribution in [0.3, 0.4) is 0 Å². The maximum Gasteiger partial charge on any atom is 0.437 e. The van der Waals surface area contributed by atoms with Crippen LogP contribution in [-0.4, -0.2) is 67.3 Å². The highest BCUT2D eigenvalue weighted by atomic mass is 31.2. The van der Waals surface area contributed by atoms with Gasteiger partial charge in [-0.2, -0.15) is 0 Å². The van der Waals surface area contributed by atoms with E-state index in [0.717, 1.165) is 32.1 Å². The summed E-state index contributed by atoms with van der Waals surface area (Å²) in [5.74, 6) is 5.01. The maximum absolute atomic E-state index is 12.5. The average molecular weight is 616 g/mol. The van der Waals surface area contributed by atoms with Crippen molar-refractivity contribution in [1.82, 2.24) is 18.9 Å². The minimum absolute atomic E-state index is 0.0543. The summed E-state index contributed by atoms with van der Waals surface area (Å²) < 4.78 is 30.6. The third kappa shape index (κ3) is 8.10. The molecule has 0 radical (unpaired) electrons. The van der Waals surface area contributed by atoms with Crippen LogP contribution in [0.25, 0.3) is 0 Å². The number of H-pyrrole nitrogens is 1. The first-order chi connectivity index (χ1) is 20.5. The largest absolute Gasteiger partial charge is 0.452 e. The normalized spacial score (nSPS) is 19.3. The molecule has 1 aromatic carbocycles. The summed E-state index contributed by atoms with van der Waals surface area (Å²) in [6, 6.07) is 6.07. The van der Waals surface area contributed by atoms with Crippen molar-refractivity contribution in [2.75, 3.05) is 25.6 Å². The van der Waals surface area contributed by atoms with Gasteiger partial charge in [0, 0.05) is 44.2 Å². The van der Waals surface area contributed by atoms with E-state index in [1.807, 2.05) is 19.2 Å². The Labute approximate surface area is 247 Å². The Balaban J connectivity index is 1.33. The third-order valence-corrected chi connectivity index (χ3v) is 8.31. The fourth-order valence-electron chi connectivity index (χ4n) is 4.52. The molecule has 0 saturated carbocycles. The third-order valence-electron chi connectivity index (χ3n) is 6.86. The Morgan fingerprint density at radius 1 is 1.30 bits per heavy atom. The minimum Gasteiger partial charge on any atom is -0.452 e. The standard InChI is InChI=1S/C28H34N5O9P/c1-4-19-12-20(14-22(13-19)29-3)7-8-26(35)40-11-5-6-21-16-32(28(37)31-27(21)36)25-15-23(34)24(42-25)17-41-43(38,39)33-10-9-30-18(33)2/h9-10,12-14,16,23-25,29,34H,4,7-8,11,15,17H2,1-3H3,(H,38,39)(H,31,36,37)/t23?,24-,25-/m1/s1. The van der Waals surface area contributed by atoms with E-state index < -0.39 is 50.0 Å². The second-order valence-electron chi connectivity index (χ2n) is 9.85. The second-order valence-corrected chi connectivity index (χ2v) is 11.5. The van der Waals surface area contributed by atoms with Gasteiger partial charge in [0.05, 0.1) is 12.7 Å². The van der Waals surface area contributed by atoms with Crippen molar-refractivity contribution >= 4 is 19.4 Å². The number of anilines is 1. The van der Waals surface area contributed by atoms with E-state index in [4.69, 9.17) is 14.0 Å². The number of esters is 1. The summed E-state index contributed by atoms with van der Waals surface area (Å²) in [7, 11) is -2.45. The van der Waals surface area contributed by atoms with Gasteiger partial charge in [-0.25, -0.2) is 18.7 Å². The van der Waals surface area contributed by atoms with E-state index in [1.165, 1.54) is 25.5 Å². The first-order valence-corrected chi connectivity index (χ1v) is 15.2. The number of hydrogen-bond acceptors (Lipinski definition) is 10. The molecule has 2 unspecified atom stereocenters. The van der Waals surface area contributed by atoms with Crippen molar-refractivity contribution in [3.8, 4) is 11.8 Å². The van der Waals surface area contributed by atoms with Gasteiger partial charge in [0.1, 0.15) is 23.7 Å². The molecule has 43 heavy (non-hydrogen) atoms. The number of benzene rings is 1. The number of aromatic nitrogens is 4. The van der Waals surface area contributed by atoms with Gasteiger partial charge in [0.25, 0.3) is 5.56 Å². The molecule has 1 saturated heterocycles. The number of carbonyl (C=O) groups excluding carboxylic acids is 1. The summed E-state index contributed by atoms with van der Waals surface area (Å²) in [6.45, 7) is 2.88. The number of aliphatic hydroxyl groups excluding tert-OH is 1. The molecule has 4 atom stereocenters. The molecule has 14 nitrogen and oxygen atoms in total. The summed E-state index contributed by atoms with van der Waals surface area (Å²) in [5.41, 5.74) is 1.51. The maximum atomic E-state index is 12.5. The Morgan fingerprint density at radius 2 is 2.07 bits per heavy atom. The fourth-order valence-corrected chi connectivity index (χ4v) is 5.63. The zero-order valence-corrected chi connectivity index (χ0v) is 24.9. The molecule has 230 valence electrons. The average Bonchev–Trinajstić information content (AvgIpc) is 3.59. The molecule has 4 N–H and O–H groups in total. The van der Waals surface area contributed by atoms with Crippen LogP contribution in [-0.2, 0) is 36.2 Å². The van der Waals surface area contributed by atoms with Crippen LogP contribution in [0.4, 0.5) is 5.69 Å². The number of ether oxygens (including phenoxy) is 2. The molecule has 1 aliphatic heterocycles. The number of aromatic amines is 1. The highest BCUT2D eigenvalue weighted by molar-refractivity contribution is 7.51. The number of rotatable bonds is 11. The van der Waals surface area contributed by atoms with E-state index in [9.17, 15) is 28.9 Å². The molecule has 0 amide bonds. The fraction of sp³-hybridized carbons (Fsp3) is 0.429. The van der Waals surface area contributed by atoms with Gasteiger partial charge in [0.2, 0.25) is 0 Å². The van der Waals surface area contributed by atoms with Crippen LogP contribution in [0.5, 0.6) is 0 Å². The number of nitrogens with zero attached hydrogens (tertiary/aromatic N) is 3. The lowest BCUT2D eigenvalue weighted by Crippen LogP contribution is -2.33. The number of aliphatic hydroxyl groups is 1. The summed E-state index contributed by atoms with van der Waals surface area (Å²) in [5, 5.41) is 13.6. The van der Waals surface area contributed by atoms with E-state index in [2.05, 4.69) is 40.1 Å². The lowest BCUT2D eigenvalue weighted by atomic mass is 10.0. The molecule has 1 fully saturated rings. The molecular weight excluding hydrogens is 581 g/mol.